The summed E-state index contributed by atoms with van der Waals surface area (Å²) in [6.07, 6.45) is 2.82. The van der Waals surface area contributed by atoms with Crippen LogP contribution < -0.4 is 9.62 Å². The van der Waals surface area contributed by atoms with Gasteiger partial charge in [0.15, 0.2) is 0 Å². The predicted molar refractivity (Wildman–Crippen MR) is 137 cm³/mol. The summed E-state index contributed by atoms with van der Waals surface area (Å²) in [5, 5.41) is 2.66. The van der Waals surface area contributed by atoms with Crippen LogP contribution in [0, 0.1) is 13.8 Å². The Morgan fingerprint density at radius 3 is 2.26 bits per heavy atom. The molecule has 0 aliphatic carbocycles. The number of aryl methyl sites for hydroxylation is 1. The van der Waals surface area contributed by atoms with E-state index in [1.54, 1.807) is 18.0 Å². The lowest BCUT2D eigenvalue weighted by molar-refractivity contribution is -0.140. The molecule has 0 fully saturated rings. The predicted octanol–water partition coefficient (Wildman–Crippen LogP) is 3.45. The Bertz CT molecular complexity index is 1070. The standard InChI is InChI=1S/C26H37N3O4S/c1-6-23(26(31)27-4)28(19-17-22-13-8-7-9-14-22)25(30)16-11-18-29(34(5,32)33)24-15-10-12-20(2)21(24)3/h7-10,12-15,23H,6,11,16-19H2,1-5H3,(H,27,31). The first-order valence-corrected chi connectivity index (χ1v) is 13.5. The quantitative estimate of drug-likeness (QED) is 0.497. The number of likely N-dealkylation sites (N-methyl/N-ethyl adjacent to an activating group) is 1. The van der Waals surface area contributed by atoms with Crippen LogP contribution in [0.1, 0.15) is 42.9 Å². The van der Waals surface area contributed by atoms with Crippen LogP contribution in [0.15, 0.2) is 48.5 Å². The number of amides is 2. The van der Waals surface area contributed by atoms with Crippen LogP contribution in [0.2, 0.25) is 0 Å². The molecule has 0 spiro atoms. The number of carbonyl (C=O) groups excluding carboxylic acids is 2. The number of hydrogen-bond donors (Lipinski definition) is 1. The molecule has 7 nitrogen and oxygen atoms in total. The minimum atomic E-state index is -3.52. The summed E-state index contributed by atoms with van der Waals surface area (Å²) in [4.78, 5) is 27.4. The summed E-state index contributed by atoms with van der Waals surface area (Å²) < 4.78 is 26.4. The smallest absolute Gasteiger partial charge is 0.242 e. The lowest BCUT2D eigenvalue weighted by Crippen LogP contribution is -2.49. The van der Waals surface area contributed by atoms with Gasteiger partial charge < -0.3 is 10.2 Å². The van der Waals surface area contributed by atoms with E-state index < -0.39 is 16.1 Å². The first-order valence-electron chi connectivity index (χ1n) is 11.7. The van der Waals surface area contributed by atoms with E-state index in [4.69, 9.17) is 0 Å². The molecular formula is C26H37N3O4S. The number of carbonyl (C=O) groups is 2. The average Bonchev–Trinajstić information content (AvgIpc) is 2.81. The van der Waals surface area contributed by atoms with Crippen LogP contribution in [0.5, 0.6) is 0 Å². The second kappa shape index (κ2) is 12.6. The molecule has 1 atom stereocenters. The molecular weight excluding hydrogens is 450 g/mol. The van der Waals surface area contributed by atoms with Gasteiger partial charge in [-0.3, -0.25) is 13.9 Å². The molecule has 34 heavy (non-hydrogen) atoms. The van der Waals surface area contributed by atoms with Crippen molar-refractivity contribution in [2.75, 3.05) is 30.7 Å². The van der Waals surface area contributed by atoms with E-state index in [0.29, 0.717) is 31.5 Å². The van der Waals surface area contributed by atoms with Crippen molar-refractivity contribution in [3.63, 3.8) is 0 Å². The van der Waals surface area contributed by atoms with Gasteiger partial charge in [0.25, 0.3) is 0 Å². The molecule has 186 valence electrons. The van der Waals surface area contributed by atoms with Crippen LogP contribution in [0.25, 0.3) is 0 Å². The van der Waals surface area contributed by atoms with Crippen molar-refractivity contribution in [2.45, 2.75) is 52.5 Å². The third kappa shape index (κ3) is 7.32. The zero-order valence-corrected chi connectivity index (χ0v) is 21.7. The average molecular weight is 488 g/mol. The summed E-state index contributed by atoms with van der Waals surface area (Å²) in [5.41, 5.74) is 3.62. The zero-order valence-electron chi connectivity index (χ0n) is 20.9. The third-order valence-electron chi connectivity index (χ3n) is 6.11. The summed E-state index contributed by atoms with van der Waals surface area (Å²) in [7, 11) is -1.95. The Hall–Kier alpha value is -2.87. The van der Waals surface area contributed by atoms with Gasteiger partial charge in [0.1, 0.15) is 6.04 Å². The Kier molecular flexibility index (Phi) is 10.1. The van der Waals surface area contributed by atoms with Crippen LogP contribution in [-0.2, 0) is 26.0 Å². The number of nitrogens with one attached hydrogen (secondary N) is 1. The summed E-state index contributed by atoms with van der Waals surface area (Å²) in [5.74, 6) is -0.349. The van der Waals surface area contributed by atoms with Gasteiger partial charge in [-0.1, -0.05) is 49.4 Å². The first kappa shape index (κ1) is 27.4. The van der Waals surface area contributed by atoms with Gasteiger partial charge in [-0.25, -0.2) is 8.42 Å². The highest BCUT2D eigenvalue weighted by Gasteiger charge is 2.28. The van der Waals surface area contributed by atoms with Crippen molar-refractivity contribution in [1.82, 2.24) is 10.2 Å². The van der Waals surface area contributed by atoms with E-state index in [9.17, 15) is 18.0 Å². The molecule has 2 amide bonds. The molecule has 0 heterocycles. The van der Waals surface area contributed by atoms with Crippen LogP contribution >= 0.6 is 0 Å². The maximum Gasteiger partial charge on any atom is 0.242 e. The lowest BCUT2D eigenvalue weighted by atomic mass is 10.1. The second-order valence-corrected chi connectivity index (χ2v) is 10.4. The molecule has 0 aliphatic rings. The van der Waals surface area contributed by atoms with Gasteiger partial charge in [-0.2, -0.15) is 0 Å². The zero-order chi connectivity index (χ0) is 25.3. The SMILES string of the molecule is CCC(C(=O)NC)N(CCc1ccccc1)C(=O)CCCN(c1cccc(C)c1C)S(C)(=O)=O. The number of benzene rings is 2. The van der Waals surface area contributed by atoms with Crippen LogP contribution in [0.4, 0.5) is 5.69 Å². The summed E-state index contributed by atoms with van der Waals surface area (Å²) in [6, 6.07) is 14.8. The lowest BCUT2D eigenvalue weighted by Gasteiger charge is -2.31. The maximum absolute atomic E-state index is 13.3. The normalized spacial score (nSPS) is 12.1. The van der Waals surface area contributed by atoms with E-state index in [1.165, 1.54) is 10.6 Å². The number of rotatable bonds is 12. The second-order valence-electron chi connectivity index (χ2n) is 8.52. The highest BCUT2D eigenvalue weighted by molar-refractivity contribution is 7.92. The van der Waals surface area contributed by atoms with E-state index >= 15 is 0 Å². The molecule has 0 saturated carbocycles. The highest BCUT2D eigenvalue weighted by atomic mass is 32.2. The maximum atomic E-state index is 13.3. The number of nitrogens with zero attached hydrogens (tertiary/aromatic N) is 2. The third-order valence-corrected chi connectivity index (χ3v) is 7.29. The van der Waals surface area contributed by atoms with E-state index in [0.717, 1.165) is 16.7 Å². The van der Waals surface area contributed by atoms with Crippen molar-refractivity contribution in [3.05, 3.63) is 65.2 Å². The van der Waals surface area contributed by atoms with Gasteiger partial charge in [0.2, 0.25) is 21.8 Å². The van der Waals surface area contributed by atoms with E-state index in [1.807, 2.05) is 63.2 Å². The van der Waals surface area contributed by atoms with Crippen LogP contribution in [0.3, 0.4) is 0 Å². The van der Waals surface area contributed by atoms with Gasteiger partial charge in [-0.15, -0.1) is 0 Å². The van der Waals surface area contributed by atoms with E-state index in [-0.39, 0.29) is 24.8 Å². The number of hydrogen-bond acceptors (Lipinski definition) is 4. The Labute approximate surface area is 204 Å². The molecule has 1 unspecified atom stereocenters. The summed E-state index contributed by atoms with van der Waals surface area (Å²) in [6.45, 7) is 6.33. The molecule has 0 radical (unpaired) electrons. The van der Waals surface area contributed by atoms with Crippen molar-refractivity contribution in [1.29, 1.82) is 0 Å². The van der Waals surface area contributed by atoms with Crippen molar-refractivity contribution < 1.29 is 18.0 Å². The highest BCUT2D eigenvalue weighted by Crippen LogP contribution is 2.25. The van der Waals surface area contributed by atoms with E-state index in [2.05, 4.69) is 5.32 Å². The van der Waals surface area contributed by atoms with Gasteiger partial charge >= 0.3 is 0 Å². The van der Waals surface area contributed by atoms with Crippen molar-refractivity contribution >= 4 is 27.5 Å². The van der Waals surface area contributed by atoms with Crippen molar-refractivity contribution in [3.8, 4) is 0 Å². The van der Waals surface area contributed by atoms with Crippen molar-refractivity contribution in [2.24, 2.45) is 0 Å². The molecule has 8 heteroatoms. The van der Waals surface area contributed by atoms with Gasteiger partial charge in [-0.05, 0) is 55.9 Å². The fraction of sp³-hybridized carbons (Fsp3) is 0.462. The molecule has 2 aromatic carbocycles. The largest absolute Gasteiger partial charge is 0.357 e. The first-order chi connectivity index (χ1) is 16.1. The fourth-order valence-corrected chi connectivity index (χ4v) is 5.07. The molecule has 2 aromatic rings. The molecule has 0 aromatic heterocycles. The topological polar surface area (TPSA) is 86.8 Å². The van der Waals surface area contributed by atoms with Crippen LogP contribution in [-0.4, -0.2) is 57.6 Å². The fourth-order valence-electron chi connectivity index (χ4n) is 4.05. The minimum Gasteiger partial charge on any atom is -0.357 e. The monoisotopic (exact) mass is 487 g/mol. The minimum absolute atomic E-state index is 0.152. The number of anilines is 1. The molecule has 0 bridgehead atoms. The van der Waals surface area contributed by atoms with Gasteiger partial charge in [0.05, 0.1) is 11.9 Å². The molecule has 0 aliphatic heterocycles. The molecule has 2 rings (SSSR count). The summed E-state index contributed by atoms with van der Waals surface area (Å²) >= 11 is 0. The molecule has 0 saturated heterocycles. The number of sulfonamides is 1. The van der Waals surface area contributed by atoms with Gasteiger partial charge in [0, 0.05) is 26.6 Å². The Morgan fingerprint density at radius 1 is 1.00 bits per heavy atom. The Morgan fingerprint density at radius 2 is 1.68 bits per heavy atom. The molecule has 1 N–H and O–H groups in total. The Balaban J connectivity index is 2.16.